The SMILES string of the molecule is O=C(/C=C/c1ccsc1)Nc1ccc(CC(=O)NCC(F)(F)F)cc1. The number of halogens is 3. The minimum absolute atomic E-state index is 0.164. The third-order valence-electron chi connectivity index (χ3n) is 3.04. The number of nitrogens with one attached hydrogen (secondary N) is 2. The maximum absolute atomic E-state index is 12.0. The van der Waals surface area contributed by atoms with Gasteiger partial charge in [0.1, 0.15) is 6.54 Å². The molecule has 2 amide bonds. The first-order valence-electron chi connectivity index (χ1n) is 7.25. The minimum Gasteiger partial charge on any atom is -0.347 e. The lowest BCUT2D eigenvalue weighted by molar-refractivity contribution is -0.138. The average molecular weight is 368 g/mol. The molecular weight excluding hydrogens is 353 g/mol. The quantitative estimate of drug-likeness (QED) is 0.765. The maximum Gasteiger partial charge on any atom is 0.405 e. The number of anilines is 1. The first kappa shape index (κ1) is 18.7. The van der Waals surface area contributed by atoms with Gasteiger partial charge >= 0.3 is 6.18 Å². The summed E-state index contributed by atoms with van der Waals surface area (Å²) >= 11 is 1.53. The molecule has 2 rings (SSSR count). The van der Waals surface area contributed by atoms with Gasteiger partial charge in [-0.05, 0) is 46.2 Å². The molecule has 2 aromatic rings. The molecule has 0 fully saturated rings. The largest absolute Gasteiger partial charge is 0.405 e. The van der Waals surface area contributed by atoms with E-state index in [1.54, 1.807) is 35.7 Å². The maximum atomic E-state index is 12.0. The molecule has 4 nitrogen and oxygen atoms in total. The number of amides is 2. The van der Waals surface area contributed by atoms with E-state index in [1.165, 1.54) is 17.4 Å². The highest BCUT2D eigenvalue weighted by Crippen LogP contribution is 2.13. The second-order valence-electron chi connectivity index (χ2n) is 5.14. The van der Waals surface area contributed by atoms with Gasteiger partial charge < -0.3 is 10.6 Å². The summed E-state index contributed by atoms with van der Waals surface area (Å²) in [6, 6.07) is 8.20. The van der Waals surface area contributed by atoms with E-state index in [0.29, 0.717) is 11.3 Å². The molecule has 8 heteroatoms. The number of carbonyl (C=O) groups is 2. The fourth-order valence-electron chi connectivity index (χ4n) is 1.88. The van der Waals surface area contributed by atoms with Crippen LogP contribution in [-0.2, 0) is 16.0 Å². The Kier molecular flexibility index (Phi) is 6.35. The normalized spacial score (nSPS) is 11.5. The van der Waals surface area contributed by atoms with E-state index in [1.807, 2.05) is 16.8 Å². The zero-order valence-electron chi connectivity index (χ0n) is 13.0. The molecular formula is C17H15F3N2O2S. The molecule has 0 radical (unpaired) electrons. The van der Waals surface area contributed by atoms with Crippen LogP contribution in [0.5, 0.6) is 0 Å². The van der Waals surface area contributed by atoms with Crippen molar-refractivity contribution < 1.29 is 22.8 Å². The van der Waals surface area contributed by atoms with Crippen LogP contribution >= 0.6 is 11.3 Å². The summed E-state index contributed by atoms with van der Waals surface area (Å²) in [6.07, 6.45) is -1.51. The lowest BCUT2D eigenvalue weighted by Gasteiger charge is -2.08. The molecule has 25 heavy (non-hydrogen) atoms. The summed E-state index contributed by atoms with van der Waals surface area (Å²) in [5.74, 6) is -1.02. The van der Waals surface area contributed by atoms with Crippen LogP contribution < -0.4 is 10.6 Å². The molecule has 0 atom stereocenters. The molecule has 132 valence electrons. The second-order valence-corrected chi connectivity index (χ2v) is 5.92. The zero-order chi connectivity index (χ0) is 18.3. The number of hydrogen-bond acceptors (Lipinski definition) is 3. The summed E-state index contributed by atoms with van der Waals surface area (Å²) in [4.78, 5) is 23.2. The highest BCUT2D eigenvalue weighted by atomic mass is 32.1. The van der Waals surface area contributed by atoms with Crippen molar-refractivity contribution in [2.75, 3.05) is 11.9 Å². The predicted octanol–water partition coefficient (Wildman–Crippen LogP) is 3.62. The van der Waals surface area contributed by atoms with Gasteiger partial charge in [-0.2, -0.15) is 24.5 Å². The van der Waals surface area contributed by atoms with Crippen LogP contribution in [0.3, 0.4) is 0 Å². The van der Waals surface area contributed by atoms with Crippen molar-refractivity contribution in [3.63, 3.8) is 0 Å². The Labute approximate surface area is 146 Å². The Bertz CT molecular complexity index is 738. The van der Waals surface area contributed by atoms with Crippen molar-refractivity contribution in [1.29, 1.82) is 0 Å². The van der Waals surface area contributed by atoms with E-state index in [2.05, 4.69) is 5.32 Å². The molecule has 0 spiro atoms. The van der Waals surface area contributed by atoms with Crippen molar-refractivity contribution in [2.45, 2.75) is 12.6 Å². The van der Waals surface area contributed by atoms with Crippen LogP contribution in [0.25, 0.3) is 6.08 Å². The first-order chi connectivity index (χ1) is 11.8. The van der Waals surface area contributed by atoms with Crippen LogP contribution in [-0.4, -0.2) is 24.5 Å². The number of alkyl halides is 3. The van der Waals surface area contributed by atoms with Crippen LogP contribution in [0, 0.1) is 0 Å². The number of thiophene rings is 1. The standard InChI is InChI=1S/C17H15F3N2O2S/c18-17(19,20)11-21-16(24)9-12-1-4-14(5-2-12)22-15(23)6-3-13-7-8-25-10-13/h1-8,10H,9,11H2,(H,21,24)(H,22,23)/b6-3+. The Morgan fingerprint density at radius 1 is 1.12 bits per heavy atom. The molecule has 0 aliphatic rings. The van der Waals surface area contributed by atoms with E-state index >= 15 is 0 Å². The van der Waals surface area contributed by atoms with Crippen LogP contribution in [0.4, 0.5) is 18.9 Å². The van der Waals surface area contributed by atoms with Crippen LogP contribution in [0.2, 0.25) is 0 Å². The number of rotatable bonds is 6. The minimum atomic E-state index is -4.43. The smallest absolute Gasteiger partial charge is 0.347 e. The Morgan fingerprint density at radius 3 is 2.44 bits per heavy atom. The molecule has 0 aliphatic heterocycles. The molecule has 0 saturated carbocycles. The first-order valence-corrected chi connectivity index (χ1v) is 8.20. The Balaban J connectivity index is 1.83. The van der Waals surface area contributed by atoms with Gasteiger partial charge in [0.05, 0.1) is 6.42 Å². The van der Waals surface area contributed by atoms with Gasteiger partial charge in [-0.3, -0.25) is 9.59 Å². The van der Waals surface area contributed by atoms with Crippen LogP contribution in [0.1, 0.15) is 11.1 Å². The van der Waals surface area contributed by atoms with Gasteiger partial charge in [0, 0.05) is 11.8 Å². The van der Waals surface area contributed by atoms with Gasteiger partial charge in [0.25, 0.3) is 0 Å². The van der Waals surface area contributed by atoms with Gasteiger partial charge in [-0.1, -0.05) is 12.1 Å². The van der Waals surface area contributed by atoms with E-state index in [9.17, 15) is 22.8 Å². The van der Waals surface area contributed by atoms with E-state index in [-0.39, 0.29) is 12.3 Å². The third-order valence-corrected chi connectivity index (χ3v) is 3.74. The molecule has 1 aromatic carbocycles. The van der Waals surface area contributed by atoms with Crippen molar-refractivity contribution in [2.24, 2.45) is 0 Å². The monoisotopic (exact) mass is 368 g/mol. The van der Waals surface area contributed by atoms with Crippen molar-refractivity contribution in [1.82, 2.24) is 5.32 Å². The second kappa shape index (κ2) is 8.48. The summed E-state index contributed by atoms with van der Waals surface area (Å²) in [5.41, 5.74) is 2.01. The number of hydrogen-bond donors (Lipinski definition) is 2. The van der Waals surface area contributed by atoms with Crippen LogP contribution in [0.15, 0.2) is 47.2 Å². The molecule has 0 saturated heterocycles. The van der Waals surface area contributed by atoms with Crippen molar-refractivity contribution >= 4 is 34.9 Å². The van der Waals surface area contributed by atoms with E-state index in [4.69, 9.17) is 0 Å². The Morgan fingerprint density at radius 2 is 1.84 bits per heavy atom. The third kappa shape index (κ3) is 7.21. The zero-order valence-corrected chi connectivity index (χ0v) is 13.8. The van der Waals surface area contributed by atoms with Gasteiger partial charge in [0.15, 0.2) is 0 Å². The highest BCUT2D eigenvalue weighted by molar-refractivity contribution is 7.08. The lowest BCUT2D eigenvalue weighted by Crippen LogP contribution is -2.34. The summed E-state index contributed by atoms with van der Waals surface area (Å²) in [7, 11) is 0. The highest BCUT2D eigenvalue weighted by Gasteiger charge is 2.27. The van der Waals surface area contributed by atoms with Crippen molar-refractivity contribution in [3.05, 3.63) is 58.3 Å². The summed E-state index contributed by atoms with van der Waals surface area (Å²) < 4.78 is 36.1. The molecule has 0 bridgehead atoms. The molecule has 2 N–H and O–H groups in total. The van der Waals surface area contributed by atoms with Gasteiger partial charge in [0.2, 0.25) is 11.8 Å². The Hall–Kier alpha value is -2.61. The number of carbonyl (C=O) groups excluding carboxylic acids is 2. The van der Waals surface area contributed by atoms with E-state index in [0.717, 1.165) is 5.56 Å². The fraction of sp³-hybridized carbons (Fsp3) is 0.176. The molecule has 0 aliphatic carbocycles. The summed E-state index contributed by atoms with van der Waals surface area (Å²) in [6.45, 7) is -1.35. The molecule has 0 unspecified atom stereocenters. The van der Waals surface area contributed by atoms with E-state index < -0.39 is 18.6 Å². The summed E-state index contributed by atoms with van der Waals surface area (Å²) in [5, 5.41) is 8.27. The fourth-order valence-corrected chi connectivity index (χ4v) is 2.51. The number of benzene rings is 1. The molecule has 1 aromatic heterocycles. The topological polar surface area (TPSA) is 58.2 Å². The predicted molar refractivity (Wildman–Crippen MR) is 91.2 cm³/mol. The van der Waals surface area contributed by atoms with Crippen molar-refractivity contribution in [3.8, 4) is 0 Å². The lowest BCUT2D eigenvalue weighted by atomic mass is 10.1. The molecule has 1 heterocycles. The average Bonchev–Trinajstić information content (AvgIpc) is 3.06. The van der Waals surface area contributed by atoms with Gasteiger partial charge in [-0.15, -0.1) is 0 Å². The van der Waals surface area contributed by atoms with Gasteiger partial charge in [-0.25, -0.2) is 0 Å².